The minimum atomic E-state index is -1.42. The summed E-state index contributed by atoms with van der Waals surface area (Å²) in [6.45, 7) is 13.7. The maximum Gasteiger partial charge on any atom is 0.326 e. The highest BCUT2D eigenvalue weighted by molar-refractivity contribution is 6.10. The van der Waals surface area contributed by atoms with Gasteiger partial charge in [0.05, 0.1) is 86.5 Å². The number of esters is 2. The fraction of sp³-hybridized carbons (Fsp3) is 0.440. The molecule has 4 aromatic carbocycles. The molecule has 2 atom stereocenters. The third kappa shape index (κ3) is 15.8. The number of carbonyl (C=O) groups excluding carboxylic acids is 3. The normalized spacial score (nSPS) is 13.9. The molecule has 25 nitrogen and oxygen atoms in total. The Hall–Kier alpha value is -7.93. The van der Waals surface area contributed by atoms with Gasteiger partial charge in [0.2, 0.25) is 5.91 Å². The van der Waals surface area contributed by atoms with Crippen molar-refractivity contribution in [2.75, 3.05) is 61.9 Å². The highest BCUT2D eigenvalue weighted by atomic mass is 19.1. The summed E-state index contributed by atoms with van der Waals surface area (Å²) in [4.78, 5) is 106. The molecule has 0 spiro atoms. The zero-order valence-electron chi connectivity index (χ0n) is 44.3. The summed E-state index contributed by atoms with van der Waals surface area (Å²) in [5, 5.41) is 54.9. The van der Waals surface area contributed by atoms with Crippen LogP contribution in [0.15, 0.2) is 48.5 Å². The Morgan fingerprint density at radius 3 is 1.36 bits per heavy atom. The van der Waals surface area contributed by atoms with Crippen LogP contribution in [0.25, 0.3) is 0 Å². The predicted molar refractivity (Wildman–Crippen MR) is 267 cm³/mol. The quantitative estimate of drug-likeness (QED) is 0.0305. The first-order valence-electron chi connectivity index (χ1n) is 22.7. The number of aryl methyl sites for hydroxylation is 8. The molecule has 1 N–H and O–H groups in total. The molecule has 0 aromatic heterocycles. The molecular formula is C50H61FN6O19. The van der Waals surface area contributed by atoms with Crippen LogP contribution in [0.5, 0.6) is 0 Å². The molecule has 1 saturated heterocycles. The molecule has 0 aliphatic carbocycles. The zero-order valence-corrected chi connectivity index (χ0v) is 44.3. The number of nitrogens with zero attached hydrogens (tertiary/aromatic N) is 5. The van der Waals surface area contributed by atoms with E-state index in [-0.39, 0.29) is 61.2 Å². The lowest BCUT2D eigenvalue weighted by Crippen LogP contribution is -2.44. The van der Waals surface area contributed by atoms with Gasteiger partial charge >= 0.3 is 11.9 Å². The van der Waals surface area contributed by atoms with Gasteiger partial charge in [-0.15, -0.1) is 0 Å². The summed E-state index contributed by atoms with van der Waals surface area (Å²) in [6, 6.07) is 13.1. The monoisotopic (exact) mass is 1070 g/mol. The lowest BCUT2D eigenvalue weighted by Gasteiger charge is -2.32. The molecule has 0 bridgehead atoms. The zero-order chi connectivity index (χ0) is 57.8. The van der Waals surface area contributed by atoms with Crippen molar-refractivity contribution in [1.82, 2.24) is 5.32 Å². The number of rotatable bonds is 19. The number of nitrogens with one attached hydrogen (secondary N) is 1. The molecule has 412 valence electrons. The van der Waals surface area contributed by atoms with Crippen LogP contribution in [0.3, 0.4) is 0 Å². The number of nitriles is 1. The summed E-state index contributed by atoms with van der Waals surface area (Å²) >= 11 is 0. The van der Waals surface area contributed by atoms with Crippen LogP contribution < -0.4 is 5.32 Å². The Morgan fingerprint density at radius 2 is 1.03 bits per heavy atom. The molecule has 0 saturated carbocycles. The fourth-order valence-electron chi connectivity index (χ4n) is 8.99. The Labute approximate surface area is 436 Å². The maximum atomic E-state index is 13.0. The largest absolute Gasteiger partial charge is 0.468 e. The van der Waals surface area contributed by atoms with Gasteiger partial charge in [0.1, 0.15) is 11.7 Å². The van der Waals surface area contributed by atoms with Gasteiger partial charge in [-0.2, -0.15) is 5.26 Å². The van der Waals surface area contributed by atoms with Crippen LogP contribution in [0.1, 0.15) is 80.0 Å². The van der Waals surface area contributed by atoms with Crippen molar-refractivity contribution in [3.8, 4) is 6.07 Å². The Morgan fingerprint density at radius 1 is 0.645 bits per heavy atom. The number of ether oxygens (including phenoxy) is 2. The van der Waals surface area contributed by atoms with E-state index in [1.807, 2.05) is 0 Å². The molecule has 1 amide bonds. The highest BCUT2D eigenvalue weighted by Crippen LogP contribution is 2.40. The number of hydrogen-bond donors (Lipinski definition) is 1. The molecule has 76 heavy (non-hydrogen) atoms. The topological polar surface area (TPSA) is 333 Å². The molecule has 26 heteroatoms. The van der Waals surface area contributed by atoms with Gasteiger partial charge in [-0.1, -0.05) is 0 Å². The number of amides is 1. The van der Waals surface area contributed by atoms with Gasteiger partial charge in [0, 0.05) is 61.5 Å². The number of hydrogen-bond acceptors (Lipinski definition) is 20. The first-order valence-corrected chi connectivity index (χ1v) is 22.7. The Balaban J connectivity index is 0.000000354. The van der Waals surface area contributed by atoms with Crippen LogP contribution in [0.2, 0.25) is 0 Å². The van der Waals surface area contributed by atoms with Crippen LogP contribution in [0.4, 0.5) is 27.1 Å². The second-order valence-corrected chi connectivity index (χ2v) is 17.2. The average molecular weight is 1070 g/mol. The van der Waals surface area contributed by atoms with E-state index in [4.69, 9.17) is 24.1 Å². The minimum Gasteiger partial charge on any atom is -0.468 e. The Bertz CT molecular complexity index is 2740. The lowest BCUT2D eigenvalue weighted by atomic mass is 9.74. The van der Waals surface area contributed by atoms with E-state index in [9.17, 15) is 64.5 Å². The minimum absolute atomic E-state index is 0.00470. The molecule has 0 radical (unpaired) electrons. The summed E-state index contributed by atoms with van der Waals surface area (Å²) < 4.78 is 22.5. The van der Waals surface area contributed by atoms with Crippen molar-refractivity contribution < 1.29 is 77.3 Å². The van der Waals surface area contributed by atoms with Crippen molar-refractivity contribution in [2.24, 2.45) is 0 Å². The number of non-ortho nitro benzene ring substituents is 4. The number of methoxy groups -OCH3 is 2. The van der Waals surface area contributed by atoms with Crippen molar-refractivity contribution in [1.29, 1.82) is 5.26 Å². The van der Waals surface area contributed by atoms with E-state index in [2.05, 4.69) is 26.0 Å². The molecule has 2 unspecified atom stereocenters. The number of halogens is 1. The second kappa shape index (κ2) is 29.2. The molecule has 1 fully saturated rings. The molecule has 1 aliphatic rings. The average Bonchev–Trinajstić information content (AvgIpc) is 3.74. The van der Waals surface area contributed by atoms with E-state index < -0.39 is 54.3 Å². The SMILES string of the molecule is COC(=O)C1(c2c(C)cc([N+](=O)[O-])cc2C)CCNC1=O.COOCC(C(=O)OC)c1c(C)cc([N+](=O)[O-])cc1C.COOCC(CC#N)(COOC)c1c(C)cc([N+](=O)[O-])cc1C.Cc1cc([N+](=O)[O-])cc(C)c1F. The van der Waals surface area contributed by atoms with Crippen molar-refractivity contribution >= 4 is 40.6 Å². The third-order valence-corrected chi connectivity index (χ3v) is 12.1. The third-order valence-electron chi connectivity index (χ3n) is 12.1. The number of nitro groups is 4. The Kier molecular flexibility index (Phi) is 24.7. The molecule has 5 rings (SSSR count). The molecule has 4 aromatic rings. The molecule has 1 aliphatic heterocycles. The van der Waals surface area contributed by atoms with Gasteiger partial charge in [-0.25, -0.2) is 33.7 Å². The first-order chi connectivity index (χ1) is 35.7. The predicted octanol–water partition coefficient (Wildman–Crippen LogP) is 8.06. The maximum absolute atomic E-state index is 13.0. The molecular weight excluding hydrogens is 1010 g/mol. The highest BCUT2D eigenvalue weighted by Gasteiger charge is 2.53. The first kappa shape index (κ1) is 64.2. The van der Waals surface area contributed by atoms with Crippen LogP contribution in [-0.4, -0.2) is 99.5 Å². The summed E-state index contributed by atoms with van der Waals surface area (Å²) in [7, 11) is 6.57. The second-order valence-electron chi connectivity index (χ2n) is 17.2. The van der Waals surface area contributed by atoms with Crippen molar-refractivity contribution in [2.45, 2.75) is 85.0 Å². The van der Waals surface area contributed by atoms with E-state index in [0.29, 0.717) is 62.2 Å². The molecule has 1 heterocycles. The van der Waals surface area contributed by atoms with Gasteiger partial charge in [0.15, 0.2) is 5.41 Å². The summed E-state index contributed by atoms with van der Waals surface area (Å²) in [5.41, 5.74) is 3.75. The number of carbonyl (C=O) groups is 3. The number of nitro benzene ring substituents is 4. The van der Waals surface area contributed by atoms with Crippen LogP contribution >= 0.6 is 0 Å². The van der Waals surface area contributed by atoms with Crippen LogP contribution in [0, 0.1) is 113 Å². The van der Waals surface area contributed by atoms with Crippen molar-refractivity contribution in [3.05, 3.63) is 156 Å². The lowest BCUT2D eigenvalue weighted by molar-refractivity contribution is -0.385. The van der Waals surface area contributed by atoms with Gasteiger partial charge in [-0.05, 0) is 123 Å². The summed E-state index contributed by atoms with van der Waals surface area (Å²) in [6.07, 6.45) is 0.344. The van der Waals surface area contributed by atoms with E-state index >= 15 is 0 Å². The van der Waals surface area contributed by atoms with Gasteiger partial charge in [-0.3, -0.25) is 54.8 Å². The van der Waals surface area contributed by atoms with Crippen LogP contribution in [-0.2, 0) is 64.0 Å². The summed E-state index contributed by atoms with van der Waals surface area (Å²) in [5.74, 6) is -2.62. The van der Waals surface area contributed by atoms with E-state index in [1.54, 1.807) is 41.5 Å². The van der Waals surface area contributed by atoms with E-state index in [0.717, 1.165) is 5.56 Å². The smallest absolute Gasteiger partial charge is 0.326 e. The standard InChI is InChI=1S/C15H20N2O6.C14H16N2O5.C13H17NO6.C8H8FNO2/c1-11-7-13(17(18)19)8-12(2)14(11)15(5-6-16,9-22-20-3)10-23-21-4;1-8-6-10(16(19)20)7-9(2)11(8)14(13(18)21-3)4-5-15-12(14)17;1-8-5-10(14(16)17)6-9(2)12(8)11(7-20-19-4)13(15)18-3;1-5-3-7(10(11)12)4-6(2)8(5)9/h7-8H,5,9-10H2,1-4H3;6-7H,4-5H2,1-3H3,(H,15,17);5-6,11H,7H2,1-4H3;3-4H,1-2H3. The van der Waals surface area contributed by atoms with Crippen molar-refractivity contribution in [3.63, 3.8) is 0 Å². The van der Waals surface area contributed by atoms with Gasteiger partial charge in [0.25, 0.3) is 22.7 Å². The fourth-order valence-corrected chi connectivity index (χ4v) is 8.99. The van der Waals surface area contributed by atoms with E-state index in [1.165, 1.54) is 97.9 Å². The number of benzene rings is 4. The van der Waals surface area contributed by atoms with Gasteiger partial charge < -0.3 is 14.8 Å².